The van der Waals surface area contributed by atoms with Crippen LogP contribution in [0.1, 0.15) is 21.5 Å². The summed E-state index contributed by atoms with van der Waals surface area (Å²) in [5.41, 5.74) is 4.17. The van der Waals surface area contributed by atoms with Gasteiger partial charge in [-0.25, -0.2) is 13.9 Å². The normalized spacial score (nSPS) is 21.9. The minimum absolute atomic E-state index is 0.0951. The van der Waals surface area contributed by atoms with Gasteiger partial charge in [0.15, 0.2) is 0 Å². The van der Waals surface area contributed by atoms with Crippen molar-refractivity contribution in [1.29, 1.82) is 5.26 Å². The van der Waals surface area contributed by atoms with Crippen molar-refractivity contribution in [3.8, 4) is 22.9 Å². The van der Waals surface area contributed by atoms with Crippen LogP contribution in [0.25, 0.3) is 16.6 Å². The molecule has 2 unspecified atom stereocenters. The summed E-state index contributed by atoms with van der Waals surface area (Å²) in [6.45, 7) is 9.87. The number of hydrogen-bond donors (Lipinski definition) is 0. The maximum absolute atomic E-state index is 14.1. The molecule has 11 heteroatoms. The number of aromatic nitrogens is 3. The number of pyridine rings is 2. The average molecular weight is 608 g/mol. The molecule has 45 heavy (non-hydrogen) atoms. The van der Waals surface area contributed by atoms with Gasteiger partial charge in [0.25, 0.3) is 5.91 Å². The van der Waals surface area contributed by atoms with Gasteiger partial charge in [0, 0.05) is 86.0 Å². The van der Waals surface area contributed by atoms with E-state index in [-0.39, 0.29) is 11.7 Å². The van der Waals surface area contributed by atoms with E-state index in [2.05, 4.69) is 21.0 Å². The highest BCUT2D eigenvalue weighted by Crippen LogP contribution is 2.38. The first kappa shape index (κ1) is 28.0. The standard InChI is InChI=1S/C34H34FN7O3/c1-22-28(3-2-4-30(22)35)33(43)41-15-25-13-40(14-26(25)16-41)31-6-5-23(11-37-31)29-9-27(17-42-32(29)24(10-36)12-38-42)45-8-7-39-18-34(19-39)20-44-21-34/h2-6,9,11-12,17,25-26H,7-8,13-16,18-21H2,1H3. The molecule has 4 fully saturated rings. The lowest BCUT2D eigenvalue weighted by molar-refractivity contribution is -0.189. The number of hydrogen-bond acceptors (Lipinski definition) is 8. The fourth-order valence-corrected chi connectivity index (χ4v) is 7.49. The number of nitriles is 1. The maximum Gasteiger partial charge on any atom is 0.254 e. The summed E-state index contributed by atoms with van der Waals surface area (Å²) in [4.78, 5) is 24.5. The van der Waals surface area contributed by atoms with Crippen LogP contribution in [0, 0.1) is 41.3 Å². The summed E-state index contributed by atoms with van der Waals surface area (Å²) in [6, 6.07) is 13.0. The Bertz CT molecular complexity index is 1810. The van der Waals surface area contributed by atoms with E-state index < -0.39 is 0 Å². The minimum Gasteiger partial charge on any atom is -0.491 e. The van der Waals surface area contributed by atoms with Crippen LogP contribution in [0.5, 0.6) is 5.75 Å². The second-order valence-corrected chi connectivity index (χ2v) is 13.1. The van der Waals surface area contributed by atoms with E-state index in [1.165, 1.54) is 6.07 Å². The SMILES string of the molecule is Cc1c(F)cccc1C(=O)N1CC2CN(c3ccc(-c4cc(OCCN5CC6(COC6)C5)cn5ncc(C#N)c45)cn3)CC2C1. The smallest absolute Gasteiger partial charge is 0.254 e. The second kappa shape index (κ2) is 10.8. The minimum atomic E-state index is -0.349. The van der Waals surface area contributed by atoms with Crippen LogP contribution >= 0.6 is 0 Å². The highest BCUT2D eigenvalue weighted by molar-refractivity contribution is 5.96. The van der Waals surface area contributed by atoms with Crippen molar-refractivity contribution in [2.75, 3.05) is 70.5 Å². The third-order valence-corrected chi connectivity index (χ3v) is 9.97. The summed E-state index contributed by atoms with van der Waals surface area (Å²) in [6.07, 6.45) is 5.25. The van der Waals surface area contributed by atoms with Crippen molar-refractivity contribution in [3.63, 3.8) is 0 Å². The molecule has 4 saturated heterocycles. The van der Waals surface area contributed by atoms with Crippen molar-refractivity contribution >= 4 is 17.2 Å². The summed E-state index contributed by atoms with van der Waals surface area (Å²) in [5, 5.41) is 14.2. The van der Waals surface area contributed by atoms with Crippen molar-refractivity contribution in [2.45, 2.75) is 6.92 Å². The van der Waals surface area contributed by atoms with Crippen LogP contribution in [0.2, 0.25) is 0 Å². The molecule has 0 aliphatic carbocycles. The Balaban J connectivity index is 0.946. The van der Waals surface area contributed by atoms with Gasteiger partial charge in [0.05, 0.1) is 36.7 Å². The number of carbonyl (C=O) groups excluding carboxylic acids is 1. The number of halogens is 1. The lowest BCUT2D eigenvalue weighted by Crippen LogP contribution is -2.66. The molecule has 3 aromatic heterocycles. The predicted octanol–water partition coefficient (Wildman–Crippen LogP) is 3.63. The largest absolute Gasteiger partial charge is 0.491 e. The zero-order valence-corrected chi connectivity index (χ0v) is 25.2. The Hall–Kier alpha value is -4.53. The lowest BCUT2D eigenvalue weighted by atomic mass is 9.78. The number of nitrogens with zero attached hydrogens (tertiary/aromatic N) is 7. The van der Waals surface area contributed by atoms with Crippen LogP contribution in [-0.2, 0) is 4.74 Å². The number of carbonyl (C=O) groups is 1. The Morgan fingerprint density at radius 3 is 2.62 bits per heavy atom. The first-order chi connectivity index (χ1) is 21.9. The van der Waals surface area contributed by atoms with E-state index in [1.807, 2.05) is 35.5 Å². The van der Waals surface area contributed by atoms with Gasteiger partial charge >= 0.3 is 0 Å². The topological polar surface area (TPSA) is 99.2 Å². The molecule has 7 heterocycles. The molecule has 0 saturated carbocycles. The molecular weight excluding hydrogens is 573 g/mol. The zero-order chi connectivity index (χ0) is 30.7. The van der Waals surface area contributed by atoms with E-state index >= 15 is 0 Å². The summed E-state index contributed by atoms with van der Waals surface area (Å²) >= 11 is 0. The highest BCUT2D eigenvalue weighted by atomic mass is 19.1. The van der Waals surface area contributed by atoms with Crippen molar-refractivity contribution in [3.05, 3.63) is 77.5 Å². The third kappa shape index (κ3) is 4.89. The summed E-state index contributed by atoms with van der Waals surface area (Å²) in [5.74, 6) is 1.81. The average Bonchev–Trinajstić information content (AvgIpc) is 3.72. The number of ether oxygens (including phenoxy) is 2. The molecule has 4 aliphatic rings. The molecule has 2 atom stereocenters. The van der Waals surface area contributed by atoms with Gasteiger partial charge in [-0.05, 0) is 42.8 Å². The number of amides is 1. The number of likely N-dealkylation sites (tertiary alicyclic amines) is 2. The molecule has 0 radical (unpaired) electrons. The molecule has 0 N–H and O–H groups in total. The number of benzene rings is 1. The molecule has 4 aromatic rings. The zero-order valence-electron chi connectivity index (χ0n) is 25.2. The Morgan fingerprint density at radius 1 is 1.13 bits per heavy atom. The van der Waals surface area contributed by atoms with Crippen molar-refractivity contribution in [2.24, 2.45) is 17.3 Å². The maximum atomic E-state index is 14.1. The van der Waals surface area contributed by atoms with E-state index in [1.54, 1.807) is 29.8 Å². The molecule has 1 aromatic carbocycles. The van der Waals surface area contributed by atoms with Crippen LogP contribution in [-0.4, -0.2) is 95.9 Å². The predicted molar refractivity (Wildman–Crippen MR) is 165 cm³/mol. The molecule has 1 amide bonds. The summed E-state index contributed by atoms with van der Waals surface area (Å²) in [7, 11) is 0. The fourth-order valence-electron chi connectivity index (χ4n) is 7.49. The van der Waals surface area contributed by atoms with Gasteiger partial charge in [-0.2, -0.15) is 10.4 Å². The first-order valence-corrected chi connectivity index (χ1v) is 15.5. The van der Waals surface area contributed by atoms with Gasteiger partial charge < -0.3 is 19.3 Å². The van der Waals surface area contributed by atoms with Gasteiger partial charge in [0.1, 0.15) is 30.1 Å². The van der Waals surface area contributed by atoms with Crippen LogP contribution < -0.4 is 9.64 Å². The van der Waals surface area contributed by atoms with E-state index in [0.29, 0.717) is 59.4 Å². The quantitative estimate of drug-likeness (QED) is 0.314. The number of anilines is 1. The van der Waals surface area contributed by atoms with Crippen LogP contribution in [0.3, 0.4) is 0 Å². The van der Waals surface area contributed by atoms with Crippen molar-refractivity contribution < 1.29 is 18.7 Å². The fraction of sp³-hybridized carbons (Fsp3) is 0.412. The molecule has 10 nitrogen and oxygen atoms in total. The molecule has 0 bridgehead atoms. The Labute approximate surface area is 260 Å². The first-order valence-electron chi connectivity index (χ1n) is 15.5. The highest BCUT2D eigenvalue weighted by Gasteiger charge is 2.48. The Morgan fingerprint density at radius 2 is 1.93 bits per heavy atom. The van der Waals surface area contributed by atoms with Gasteiger partial charge in [-0.3, -0.25) is 9.69 Å². The van der Waals surface area contributed by atoms with Gasteiger partial charge in [-0.1, -0.05) is 6.07 Å². The Kier molecular flexibility index (Phi) is 6.73. The summed E-state index contributed by atoms with van der Waals surface area (Å²) < 4.78 is 27.3. The van der Waals surface area contributed by atoms with Crippen LogP contribution in [0.4, 0.5) is 10.2 Å². The van der Waals surface area contributed by atoms with Gasteiger partial charge in [-0.15, -0.1) is 0 Å². The third-order valence-electron chi connectivity index (χ3n) is 9.97. The molecular formula is C34H34FN7O3. The molecule has 4 aliphatic heterocycles. The second-order valence-electron chi connectivity index (χ2n) is 13.1. The number of rotatable bonds is 7. The molecule has 8 rings (SSSR count). The van der Waals surface area contributed by atoms with Crippen molar-refractivity contribution in [1.82, 2.24) is 24.4 Å². The lowest BCUT2D eigenvalue weighted by Gasteiger charge is -2.55. The van der Waals surface area contributed by atoms with Gasteiger partial charge in [0.2, 0.25) is 0 Å². The van der Waals surface area contributed by atoms with E-state index in [4.69, 9.17) is 14.5 Å². The monoisotopic (exact) mass is 607 g/mol. The van der Waals surface area contributed by atoms with E-state index in [0.717, 1.165) is 68.4 Å². The molecule has 230 valence electrons. The number of fused-ring (bicyclic) bond motifs is 2. The van der Waals surface area contributed by atoms with E-state index in [9.17, 15) is 14.4 Å². The molecule has 1 spiro atoms. The van der Waals surface area contributed by atoms with Crippen LogP contribution in [0.15, 0.2) is 55.0 Å².